The maximum Gasteiger partial charge on any atom is 0.261 e. The first-order valence-corrected chi connectivity index (χ1v) is 24.2. The molecule has 2 unspecified atom stereocenters. The smallest absolute Gasteiger partial charge is 0.261 e. The molecule has 0 spiro atoms. The lowest BCUT2D eigenvalue weighted by Crippen LogP contribution is -2.36. The Kier molecular flexibility index (Phi) is 17.1. The number of nitrogens with one attached hydrogen (secondary N) is 1. The third-order valence-electron chi connectivity index (χ3n) is 12.3. The third-order valence-corrected chi connectivity index (χ3v) is 15.1. The molecule has 4 aromatic carbocycles. The van der Waals surface area contributed by atoms with Gasteiger partial charge in [0.15, 0.2) is 0 Å². The van der Waals surface area contributed by atoms with Crippen molar-refractivity contribution in [1.82, 2.24) is 14.5 Å². The van der Waals surface area contributed by atoms with Gasteiger partial charge in [-0.25, -0.2) is 21.6 Å². The van der Waals surface area contributed by atoms with E-state index in [1.807, 2.05) is 0 Å². The molecule has 4 aromatic rings. The highest BCUT2D eigenvalue weighted by molar-refractivity contribution is 8.13. The summed E-state index contributed by atoms with van der Waals surface area (Å²) >= 11 is 0. The topological polar surface area (TPSA) is 131 Å². The van der Waals surface area contributed by atoms with Crippen LogP contribution in [0.2, 0.25) is 0 Å². The molecular weight excluding hydrogens is 886 g/mol. The van der Waals surface area contributed by atoms with Crippen LogP contribution >= 0.6 is 47.9 Å². The van der Waals surface area contributed by atoms with Gasteiger partial charge in [0, 0.05) is 61.8 Å². The highest BCUT2D eigenvalue weighted by Crippen LogP contribution is 2.42. The number of halogens is 4. The number of benzene rings is 4. The highest BCUT2D eigenvalue weighted by atomic mass is 35.7. The van der Waals surface area contributed by atoms with Gasteiger partial charge in [-0.3, -0.25) is 9.80 Å². The first kappa shape index (κ1) is 48.4. The number of hydrogen-bond acceptors (Lipinski definition) is 9. The summed E-state index contributed by atoms with van der Waals surface area (Å²) in [6, 6.07) is 24.6. The summed E-state index contributed by atoms with van der Waals surface area (Å²) in [6.07, 6.45) is 10.7. The Morgan fingerprint density at radius 1 is 0.617 bits per heavy atom. The molecule has 4 aliphatic heterocycles. The number of ether oxygens (including phenoxy) is 2. The summed E-state index contributed by atoms with van der Waals surface area (Å²) in [5, 5.41) is 0. The predicted molar refractivity (Wildman–Crippen MR) is 245 cm³/mol. The highest BCUT2D eigenvalue weighted by Gasteiger charge is 2.34. The van der Waals surface area contributed by atoms with E-state index in [2.05, 4.69) is 50.9 Å². The molecule has 2 aliphatic carbocycles. The van der Waals surface area contributed by atoms with E-state index < -0.39 is 19.1 Å². The average Bonchev–Trinajstić information content (AvgIpc) is 4.05. The lowest BCUT2D eigenvalue weighted by atomic mass is 9.93. The summed E-state index contributed by atoms with van der Waals surface area (Å²) in [7, 11) is -1.88. The Labute approximate surface area is 378 Å². The molecule has 0 amide bonds. The first-order valence-electron chi connectivity index (χ1n) is 20.4. The maximum atomic E-state index is 12.6. The molecule has 328 valence electrons. The molecule has 0 saturated heterocycles. The Hall–Kier alpha value is -2.62. The van der Waals surface area contributed by atoms with Crippen molar-refractivity contribution >= 4 is 67.0 Å². The van der Waals surface area contributed by atoms with Crippen molar-refractivity contribution in [1.29, 1.82) is 0 Å². The van der Waals surface area contributed by atoms with Gasteiger partial charge >= 0.3 is 0 Å². The summed E-state index contributed by atoms with van der Waals surface area (Å²) in [6.45, 7) is 6.92. The molecule has 60 heavy (non-hydrogen) atoms. The van der Waals surface area contributed by atoms with Gasteiger partial charge in [-0.05, 0) is 145 Å². The Balaban J connectivity index is 0.000000182. The van der Waals surface area contributed by atoms with E-state index in [-0.39, 0.29) is 42.1 Å². The molecule has 0 radical (unpaired) electrons. The van der Waals surface area contributed by atoms with E-state index in [9.17, 15) is 16.8 Å². The van der Waals surface area contributed by atoms with Crippen molar-refractivity contribution in [3.63, 3.8) is 0 Å². The van der Waals surface area contributed by atoms with E-state index >= 15 is 0 Å². The van der Waals surface area contributed by atoms with Gasteiger partial charge in [-0.1, -0.05) is 36.4 Å². The summed E-state index contributed by atoms with van der Waals surface area (Å²) in [5.74, 6) is 1.56. The van der Waals surface area contributed by atoms with Crippen LogP contribution in [0, 0.1) is 0 Å². The lowest BCUT2D eigenvalue weighted by Gasteiger charge is -2.35. The fourth-order valence-electron chi connectivity index (χ4n) is 9.55. The van der Waals surface area contributed by atoms with Crippen molar-refractivity contribution in [2.24, 2.45) is 5.73 Å². The molecule has 4 heterocycles. The summed E-state index contributed by atoms with van der Waals surface area (Å²) in [5.41, 5.74) is 16.9. The van der Waals surface area contributed by atoms with Crippen LogP contribution in [0.3, 0.4) is 0 Å². The molecule has 0 aromatic heterocycles. The zero-order valence-electron chi connectivity index (χ0n) is 33.7. The first-order chi connectivity index (χ1) is 27.6. The number of fused-ring (bicyclic) bond motifs is 2. The van der Waals surface area contributed by atoms with Crippen LogP contribution in [0.15, 0.2) is 82.6 Å². The Morgan fingerprint density at radius 2 is 1.08 bits per heavy atom. The minimum atomic E-state index is -3.61. The second-order valence-corrected chi connectivity index (χ2v) is 20.1. The molecule has 0 bridgehead atoms. The second kappa shape index (κ2) is 21.2. The van der Waals surface area contributed by atoms with Crippen LogP contribution in [0.5, 0.6) is 11.5 Å². The SMILES string of the molecule is Cl.Cl.Cl.NCCCN1CCc2cccc3c2C1CC3.O=S(=O)(Cl)c1ccc2c(c1)CCO2.O=S(=O)(NCCCN1CCc2cccc3c2C1CC3)c1ccc2c(c1)CCO2. The Bertz CT molecular complexity index is 2340. The maximum absolute atomic E-state index is 12.6. The van der Waals surface area contributed by atoms with Crippen molar-refractivity contribution in [3.05, 3.63) is 117 Å². The third kappa shape index (κ3) is 10.8. The minimum Gasteiger partial charge on any atom is -0.493 e. The molecule has 0 fully saturated rings. The van der Waals surface area contributed by atoms with Crippen molar-refractivity contribution in [3.8, 4) is 11.5 Å². The van der Waals surface area contributed by atoms with Crippen LogP contribution in [-0.2, 0) is 57.6 Å². The second-order valence-electron chi connectivity index (χ2n) is 15.7. The van der Waals surface area contributed by atoms with E-state index in [4.69, 9.17) is 25.9 Å². The standard InChI is InChI=1S/C22H26N2O3S.C14H20N2.C8H7ClO3S.3ClH/c25-28(26,19-6-8-21-18(15-19)10-14-27-21)23-11-2-12-24-13-9-17-4-1-3-16-5-7-20(24)22(16)17;15-8-2-9-16-10-7-12-4-1-3-11-5-6-13(16)14(11)12;9-13(10,11)7-1-2-8-6(5-7)3-4-12-8;;;/h1,3-4,6,8,15,20,23H,2,5,7,9-14H2;1,3-4,13H,2,5-10,15H2;1-2,5H,3-4H2;3*1H. The fraction of sp³-hybridized carbons (Fsp3) is 0.455. The van der Waals surface area contributed by atoms with Gasteiger partial charge < -0.3 is 15.2 Å². The molecule has 10 rings (SSSR count). The number of rotatable bonds is 10. The zero-order valence-corrected chi connectivity index (χ0v) is 38.5. The molecule has 16 heteroatoms. The van der Waals surface area contributed by atoms with Gasteiger partial charge in [0.2, 0.25) is 10.0 Å². The quantitative estimate of drug-likeness (QED) is 0.122. The zero-order chi connectivity index (χ0) is 39.6. The monoisotopic (exact) mass is 940 g/mol. The van der Waals surface area contributed by atoms with E-state index in [1.165, 1.54) is 62.4 Å². The van der Waals surface area contributed by atoms with Crippen LogP contribution in [-0.4, -0.2) is 79.1 Å². The molecular formula is C44H56Cl4N4O6S2. The molecule has 3 N–H and O–H groups in total. The number of nitrogens with two attached hydrogens (primary N) is 1. The van der Waals surface area contributed by atoms with Gasteiger partial charge in [0.05, 0.1) is 23.0 Å². The lowest BCUT2D eigenvalue weighted by molar-refractivity contribution is 0.184. The molecule has 6 aliphatic rings. The van der Waals surface area contributed by atoms with Crippen molar-refractivity contribution in [2.45, 2.75) is 86.1 Å². The van der Waals surface area contributed by atoms with Crippen LogP contribution in [0.25, 0.3) is 0 Å². The van der Waals surface area contributed by atoms with Crippen LogP contribution in [0.1, 0.15) is 82.3 Å². The summed E-state index contributed by atoms with van der Waals surface area (Å²) in [4.78, 5) is 5.66. The molecule has 10 nitrogen and oxygen atoms in total. The van der Waals surface area contributed by atoms with Crippen molar-refractivity contribution in [2.75, 3.05) is 52.5 Å². The molecule has 0 saturated carbocycles. The van der Waals surface area contributed by atoms with Crippen molar-refractivity contribution < 1.29 is 26.3 Å². The predicted octanol–water partition coefficient (Wildman–Crippen LogP) is 7.53. The number of aryl methyl sites for hydroxylation is 2. The number of hydrogen-bond donors (Lipinski definition) is 2. The van der Waals surface area contributed by atoms with Gasteiger partial charge in [-0.2, -0.15) is 0 Å². The Morgan fingerprint density at radius 3 is 1.58 bits per heavy atom. The van der Waals surface area contributed by atoms with Crippen LogP contribution < -0.4 is 19.9 Å². The van der Waals surface area contributed by atoms with Gasteiger partial charge in [-0.15, -0.1) is 37.2 Å². The number of nitrogens with zero attached hydrogens (tertiary/aromatic N) is 2. The van der Waals surface area contributed by atoms with E-state index in [1.54, 1.807) is 52.6 Å². The minimum absolute atomic E-state index is 0. The van der Waals surface area contributed by atoms with E-state index in [0.717, 1.165) is 74.4 Å². The normalized spacial score (nSPS) is 19.2. The largest absolute Gasteiger partial charge is 0.493 e. The van der Waals surface area contributed by atoms with E-state index in [0.29, 0.717) is 36.7 Å². The number of sulfonamides is 1. The molecule has 2 atom stereocenters. The fourth-order valence-corrected chi connectivity index (χ4v) is 11.5. The van der Waals surface area contributed by atoms with Gasteiger partial charge in [0.25, 0.3) is 9.05 Å². The summed E-state index contributed by atoms with van der Waals surface area (Å²) < 4.78 is 60.6. The van der Waals surface area contributed by atoms with Crippen LogP contribution in [0.4, 0.5) is 0 Å². The van der Waals surface area contributed by atoms with Gasteiger partial charge in [0.1, 0.15) is 11.5 Å². The average molecular weight is 943 g/mol.